The standard InChI is InChI=1S/C22H21FN4/c23-18-8-6-15(7-9-18)12-27-13-17-10-16-11-24-22(26-21(16)20(17)14-27)25-19-4-2-1-3-5-19/h1-9,11,17,20H,10,12-14H2,(H,24,25,26). The lowest BCUT2D eigenvalue weighted by Gasteiger charge is -2.17. The predicted molar refractivity (Wildman–Crippen MR) is 103 cm³/mol. The molecule has 27 heavy (non-hydrogen) atoms. The normalized spacial score (nSPS) is 21.1. The molecule has 1 aromatic heterocycles. The van der Waals surface area contributed by atoms with E-state index in [-0.39, 0.29) is 5.82 Å². The predicted octanol–water partition coefficient (Wildman–Crippen LogP) is 4.13. The number of para-hydroxylation sites is 1. The van der Waals surface area contributed by atoms with Gasteiger partial charge in [-0.25, -0.2) is 14.4 Å². The van der Waals surface area contributed by atoms with Crippen molar-refractivity contribution in [3.63, 3.8) is 0 Å². The van der Waals surface area contributed by atoms with Gasteiger partial charge in [-0.05, 0) is 47.7 Å². The Kier molecular flexibility index (Phi) is 4.09. The van der Waals surface area contributed by atoms with Crippen LogP contribution in [0, 0.1) is 11.7 Å². The lowest BCUT2D eigenvalue weighted by molar-refractivity contribution is 0.313. The van der Waals surface area contributed by atoms with E-state index < -0.39 is 0 Å². The average Bonchev–Trinajstić information content (AvgIpc) is 3.22. The van der Waals surface area contributed by atoms with Crippen molar-refractivity contribution in [3.05, 3.63) is 83.4 Å². The van der Waals surface area contributed by atoms with Gasteiger partial charge in [0.1, 0.15) is 5.82 Å². The zero-order valence-electron chi connectivity index (χ0n) is 15.0. The Balaban J connectivity index is 1.31. The van der Waals surface area contributed by atoms with Crippen LogP contribution in [0.4, 0.5) is 16.0 Å². The molecule has 1 aliphatic heterocycles. The largest absolute Gasteiger partial charge is 0.324 e. The third-order valence-electron chi connectivity index (χ3n) is 5.60. The van der Waals surface area contributed by atoms with Crippen molar-refractivity contribution < 1.29 is 4.39 Å². The van der Waals surface area contributed by atoms with Gasteiger partial charge in [0.25, 0.3) is 0 Å². The highest BCUT2D eigenvalue weighted by molar-refractivity contribution is 5.53. The molecule has 1 aliphatic carbocycles. The maximum absolute atomic E-state index is 13.1. The summed E-state index contributed by atoms with van der Waals surface area (Å²) in [6, 6.07) is 16.8. The fraction of sp³-hybridized carbons (Fsp3) is 0.273. The van der Waals surface area contributed by atoms with Gasteiger partial charge in [0.15, 0.2) is 0 Å². The molecule has 0 spiro atoms. The highest BCUT2D eigenvalue weighted by Crippen LogP contribution is 2.42. The van der Waals surface area contributed by atoms with Gasteiger partial charge in [0.2, 0.25) is 5.95 Å². The van der Waals surface area contributed by atoms with Crippen LogP contribution in [-0.2, 0) is 13.0 Å². The molecule has 1 fully saturated rings. The fourth-order valence-corrected chi connectivity index (χ4v) is 4.35. The second-order valence-corrected chi connectivity index (χ2v) is 7.49. The number of halogens is 1. The van der Waals surface area contributed by atoms with Crippen molar-refractivity contribution in [2.75, 3.05) is 18.4 Å². The quantitative estimate of drug-likeness (QED) is 0.759. The Hall–Kier alpha value is -2.79. The minimum absolute atomic E-state index is 0.180. The third kappa shape index (κ3) is 3.30. The molecule has 1 saturated heterocycles. The molecule has 5 rings (SSSR count). The first kappa shape index (κ1) is 16.4. The van der Waals surface area contributed by atoms with E-state index >= 15 is 0 Å². The molecule has 2 aromatic carbocycles. The van der Waals surface area contributed by atoms with E-state index in [1.165, 1.54) is 23.4 Å². The molecule has 0 saturated carbocycles. The number of anilines is 2. The van der Waals surface area contributed by atoms with Crippen molar-refractivity contribution in [1.29, 1.82) is 0 Å². The number of hydrogen-bond donors (Lipinski definition) is 1. The molecular formula is C22H21FN4. The lowest BCUT2D eigenvalue weighted by atomic mass is 9.99. The van der Waals surface area contributed by atoms with Crippen LogP contribution >= 0.6 is 0 Å². The van der Waals surface area contributed by atoms with Gasteiger partial charge >= 0.3 is 0 Å². The average molecular weight is 360 g/mol. The first-order chi connectivity index (χ1) is 13.2. The molecule has 3 aromatic rings. The topological polar surface area (TPSA) is 41.1 Å². The van der Waals surface area contributed by atoms with Crippen LogP contribution < -0.4 is 5.32 Å². The lowest BCUT2D eigenvalue weighted by Crippen LogP contribution is -2.21. The Labute approximate surface area is 158 Å². The molecule has 0 bridgehead atoms. The summed E-state index contributed by atoms with van der Waals surface area (Å²) < 4.78 is 13.1. The van der Waals surface area contributed by atoms with E-state index in [0.717, 1.165) is 37.3 Å². The smallest absolute Gasteiger partial charge is 0.227 e. The number of hydrogen-bond acceptors (Lipinski definition) is 4. The monoisotopic (exact) mass is 360 g/mol. The number of benzene rings is 2. The molecule has 136 valence electrons. The number of rotatable bonds is 4. The van der Waals surface area contributed by atoms with Crippen molar-refractivity contribution >= 4 is 11.6 Å². The third-order valence-corrected chi connectivity index (χ3v) is 5.60. The Morgan fingerprint density at radius 3 is 2.67 bits per heavy atom. The summed E-state index contributed by atoms with van der Waals surface area (Å²) >= 11 is 0. The molecule has 2 atom stereocenters. The summed E-state index contributed by atoms with van der Waals surface area (Å²) in [4.78, 5) is 11.8. The van der Waals surface area contributed by atoms with Gasteiger partial charge in [0.05, 0.1) is 5.69 Å². The zero-order chi connectivity index (χ0) is 18.2. The van der Waals surface area contributed by atoms with Crippen LogP contribution in [-0.4, -0.2) is 28.0 Å². The van der Waals surface area contributed by atoms with Crippen molar-refractivity contribution in [2.45, 2.75) is 18.9 Å². The second-order valence-electron chi connectivity index (χ2n) is 7.49. The van der Waals surface area contributed by atoms with Gasteiger partial charge in [-0.2, -0.15) is 0 Å². The van der Waals surface area contributed by atoms with Gasteiger partial charge < -0.3 is 5.32 Å². The minimum Gasteiger partial charge on any atom is -0.324 e. The summed E-state index contributed by atoms with van der Waals surface area (Å²) in [5.41, 5.74) is 4.63. The van der Waals surface area contributed by atoms with E-state index in [4.69, 9.17) is 4.98 Å². The van der Waals surface area contributed by atoms with E-state index in [2.05, 4.69) is 15.2 Å². The Morgan fingerprint density at radius 2 is 1.85 bits per heavy atom. The van der Waals surface area contributed by atoms with Crippen LogP contribution in [0.3, 0.4) is 0 Å². The molecule has 4 nitrogen and oxygen atoms in total. The van der Waals surface area contributed by atoms with Crippen LogP contribution in [0.2, 0.25) is 0 Å². The van der Waals surface area contributed by atoms with Crippen LogP contribution in [0.25, 0.3) is 0 Å². The van der Waals surface area contributed by atoms with Crippen molar-refractivity contribution in [2.24, 2.45) is 5.92 Å². The van der Waals surface area contributed by atoms with Gasteiger partial charge in [-0.1, -0.05) is 30.3 Å². The van der Waals surface area contributed by atoms with Crippen molar-refractivity contribution in [1.82, 2.24) is 14.9 Å². The Morgan fingerprint density at radius 1 is 1.04 bits per heavy atom. The number of likely N-dealkylation sites (tertiary alicyclic amines) is 1. The summed E-state index contributed by atoms with van der Waals surface area (Å²) in [7, 11) is 0. The van der Waals surface area contributed by atoms with Crippen molar-refractivity contribution in [3.8, 4) is 0 Å². The summed E-state index contributed by atoms with van der Waals surface area (Å²) in [6.07, 6.45) is 3.03. The fourth-order valence-electron chi connectivity index (χ4n) is 4.35. The number of fused-ring (bicyclic) bond motifs is 3. The van der Waals surface area contributed by atoms with E-state index in [0.29, 0.717) is 17.8 Å². The first-order valence-electron chi connectivity index (χ1n) is 9.39. The molecule has 2 heterocycles. The second kappa shape index (κ2) is 6.74. The first-order valence-corrected chi connectivity index (χ1v) is 9.39. The Bertz CT molecular complexity index is 942. The van der Waals surface area contributed by atoms with Crippen LogP contribution in [0.1, 0.15) is 22.7 Å². The zero-order valence-corrected chi connectivity index (χ0v) is 15.0. The van der Waals surface area contributed by atoms with Gasteiger partial charge in [-0.15, -0.1) is 0 Å². The maximum Gasteiger partial charge on any atom is 0.227 e. The SMILES string of the molecule is Fc1ccc(CN2CC3Cc4cnc(Nc5ccccc5)nc4C3C2)cc1. The number of nitrogens with one attached hydrogen (secondary N) is 1. The molecule has 1 N–H and O–H groups in total. The highest BCUT2D eigenvalue weighted by Gasteiger charge is 2.41. The molecular weight excluding hydrogens is 339 g/mol. The molecule has 2 unspecified atom stereocenters. The maximum atomic E-state index is 13.1. The highest BCUT2D eigenvalue weighted by atomic mass is 19.1. The van der Waals surface area contributed by atoms with Gasteiger partial charge in [-0.3, -0.25) is 4.90 Å². The molecule has 0 amide bonds. The molecule has 2 aliphatic rings. The summed E-state index contributed by atoms with van der Waals surface area (Å²) in [5, 5.41) is 3.30. The number of nitrogens with zero attached hydrogens (tertiary/aromatic N) is 3. The van der Waals surface area contributed by atoms with Crippen LogP contribution in [0.15, 0.2) is 60.8 Å². The van der Waals surface area contributed by atoms with E-state index in [9.17, 15) is 4.39 Å². The van der Waals surface area contributed by atoms with Crippen LogP contribution in [0.5, 0.6) is 0 Å². The van der Waals surface area contributed by atoms with E-state index in [1.54, 1.807) is 0 Å². The van der Waals surface area contributed by atoms with Gasteiger partial charge in [0, 0.05) is 37.4 Å². The molecule has 0 radical (unpaired) electrons. The van der Waals surface area contributed by atoms with E-state index in [1.807, 2.05) is 48.7 Å². The summed E-state index contributed by atoms with van der Waals surface area (Å²) in [5.74, 6) is 1.54. The molecule has 5 heteroatoms. The minimum atomic E-state index is -0.180. The summed E-state index contributed by atoms with van der Waals surface area (Å²) in [6.45, 7) is 2.92. The number of aromatic nitrogens is 2.